The summed E-state index contributed by atoms with van der Waals surface area (Å²) in [6.07, 6.45) is -0.399. The van der Waals surface area contributed by atoms with Crippen molar-refractivity contribution >= 4 is 17.0 Å². The van der Waals surface area contributed by atoms with Crippen LogP contribution in [0.4, 0.5) is 5.82 Å². The van der Waals surface area contributed by atoms with Gasteiger partial charge in [-0.05, 0) is 6.42 Å². The minimum absolute atomic E-state index is 0.271. The number of hydrogen-bond acceptors (Lipinski definition) is 10. The number of ether oxygens (including phenoxy) is 1. The van der Waals surface area contributed by atoms with E-state index in [4.69, 9.17) is 4.74 Å². The van der Waals surface area contributed by atoms with Gasteiger partial charge in [0.05, 0.1) is 24.8 Å². The van der Waals surface area contributed by atoms with Gasteiger partial charge in [0.2, 0.25) is 0 Å². The maximum Gasteiger partial charge on any atom is 0.256 e. The van der Waals surface area contributed by atoms with E-state index in [1.807, 2.05) is 6.92 Å². The van der Waals surface area contributed by atoms with Gasteiger partial charge in [0.1, 0.15) is 18.3 Å². The van der Waals surface area contributed by atoms with Crippen LogP contribution in [0.1, 0.15) is 18.8 Å². The highest BCUT2D eigenvalue weighted by molar-refractivity contribution is 5.83. The summed E-state index contributed by atoms with van der Waals surface area (Å²) in [5, 5.41) is 40.7. The number of aryl methyl sites for hydroxylation is 1. The number of imidazole rings is 1. The van der Waals surface area contributed by atoms with Crippen LogP contribution >= 0.6 is 0 Å². The standard InChI is InChI=1S/C15H20N8O4/c1-3-7-4-23(21-20-7)15-18-12(16-2)9-13(19-15)22(6-17-9)14-11(26)10(25)8(5-24)27-14/h4,6,8,10-11,14,24-26H,3,5H2,1-2H3,(H,16,18,19)/t8-,10-,11-,14-/m1/s1. The minimum Gasteiger partial charge on any atom is -0.394 e. The SMILES string of the molecule is CCc1cn(-c2nc(NC)c3ncn([C@@H]4O[C@H](CO)[C@@H](O)[C@H]4O)c3n2)nn1. The number of aliphatic hydroxyl groups excluding tert-OH is 3. The van der Waals surface area contributed by atoms with Crippen LogP contribution in [0.5, 0.6) is 0 Å². The number of hydrogen-bond donors (Lipinski definition) is 4. The number of nitrogens with one attached hydrogen (secondary N) is 1. The van der Waals surface area contributed by atoms with E-state index >= 15 is 0 Å². The van der Waals surface area contributed by atoms with E-state index < -0.39 is 31.1 Å². The van der Waals surface area contributed by atoms with E-state index in [0.717, 1.165) is 12.1 Å². The van der Waals surface area contributed by atoms with Crippen molar-refractivity contribution in [2.24, 2.45) is 0 Å². The zero-order valence-electron chi connectivity index (χ0n) is 14.8. The van der Waals surface area contributed by atoms with Crippen molar-refractivity contribution in [2.45, 2.75) is 37.9 Å². The molecule has 4 heterocycles. The summed E-state index contributed by atoms with van der Waals surface area (Å²) in [5.41, 5.74) is 1.64. The summed E-state index contributed by atoms with van der Waals surface area (Å²) in [4.78, 5) is 13.2. The third-order valence-corrected chi connectivity index (χ3v) is 4.55. The lowest BCUT2D eigenvalue weighted by molar-refractivity contribution is -0.0511. The fourth-order valence-corrected chi connectivity index (χ4v) is 3.04. The highest BCUT2D eigenvalue weighted by Crippen LogP contribution is 2.32. The van der Waals surface area contributed by atoms with Crippen LogP contribution in [-0.4, -0.2) is 81.8 Å². The van der Waals surface area contributed by atoms with Crippen molar-refractivity contribution in [3.63, 3.8) is 0 Å². The van der Waals surface area contributed by atoms with E-state index in [2.05, 4.69) is 30.6 Å². The molecule has 0 aliphatic carbocycles. The monoisotopic (exact) mass is 376 g/mol. The summed E-state index contributed by atoms with van der Waals surface area (Å²) in [6, 6.07) is 0. The third kappa shape index (κ3) is 2.82. The van der Waals surface area contributed by atoms with Crippen LogP contribution in [0.2, 0.25) is 0 Å². The first-order chi connectivity index (χ1) is 13.1. The van der Waals surface area contributed by atoms with Crippen LogP contribution in [0.15, 0.2) is 12.5 Å². The molecule has 4 N–H and O–H groups in total. The lowest BCUT2D eigenvalue weighted by Crippen LogP contribution is -2.33. The molecular formula is C15H20N8O4. The Labute approximate surface area is 153 Å². The smallest absolute Gasteiger partial charge is 0.256 e. The average Bonchev–Trinajstić information content (AvgIpc) is 3.39. The van der Waals surface area contributed by atoms with Crippen LogP contribution in [-0.2, 0) is 11.2 Å². The topological polar surface area (TPSA) is 156 Å². The van der Waals surface area contributed by atoms with Crippen LogP contribution in [0, 0.1) is 0 Å². The Balaban J connectivity index is 1.82. The van der Waals surface area contributed by atoms with Crippen LogP contribution < -0.4 is 5.32 Å². The molecule has 144 valence electrons. The van der Waals surface area contributed by atoms with E-state index in [-0.39, 0.29) is 5.95 Å². The zero-order valence-corrected chi connectivity index (χ0v) is 14.8. The predicted molar refractivity (Wildman–Crippen MR) is 92.2 cm³/mol. The molecule has 0 unspecified atom stereocenters. The number of aromatic nitrogens is 7. The number of anilines is 1. The number of nitrogens with zero attached hydrogens (tertiary/aromatic N) is 7. The molecule has 12 nitrogen and oxygen atoms in total. The van der Waals surface area contributed by atoms with Gasteiger partial charge in [-0.2, -0.15) is 14.6 Å². The quantitative estimate of drug-likeness (QED) is 0.418. The Hall–Kier alpha value is -2.67. The molecule has 0 spiro atoms. The van der Waals surface area contributed by atoms with Gasteiger partial charge in [-0.25, -0.2) is 4.98 Å². The van der Waals surface area contributed by atoms with Gasteiger partial charge in [0, 0.05) is 7.05 Å². The molecule has 3 aromatic heterocycles. The maximum absolute atomic E-state index is 10.3. The maximum atomic E-state index is 10.3. The van der Waals surface area contributed by atoms with Crippen LogP contribution in [0.25, 0.3) is 17.1 Å². The number of fused-ring (bicyclic) bond motifs is 1. The minimum atomic E-state index is -1.24. The fraction of sp³-hybridized carbons (Fsp3) is 0.533. The summed E-state index contributed by atoms with van der Waals surface area (Å²) in [7, 11) is 1.70. The van der Waals surface area contributed by atoms with Gasteiger partial charge < -0.3 is 25.4 Å². The average molecular weight is 376 g/mol. The summed E-state index contributed by atoms with van der Waals surface area (Å²) < 4.78 is 8.54. The van der Waals surface area contributed by atoms with E-state index in [9.17, 15) is 15.3 Å². The van der Waals surface area contributed by atoms with Gasteiger partial charge in [-0.15, -0.1) is 5.10 Å². The van der Waals surface area contributed by atoms with Crippen molar-refractivity contribution in [1.82, 2.24) is 34.5 Å². The lowest BCUT2D eigenvalue weighted by atomic mass is 10.1. The first-order valence-electron chi connectivity index (χ1n) is 8.53. The molecule has 1 aliphatic heterocycles. The van der Waals surface area contributed by atoms with E-state index in [1.54, 1.807) is 13.2 Å². The van der Waals surface area contributed by atoms with Crippen molar-refractivity contribution in [3.05, 3.63) is 18.2 Å². The lowest BCUT2D eigenvalue weighted by Gasteiger charge is -2.16. The zero-order chi connectivity index (χ0) is 19.1. The van der Waals surface area contributed by atoms with E-state index in [1.165, 1.54) is 15.6 Å². The predicted octanol–water partition coefficient (Wildman–Crippen LogP) is -1.38. The third-order valence-electron chi connectivity index (χ3n) is 4.55. The largest absolute Gasteiger partial charge is 0.394 e. The summed E-state index contributed by atoms with van der Waals surface area (Å²) >= 11 is 0. The first-order valence-corrected chi connectivity index (χ1v) is 8.53. The molecular weight excluding hydrogens is 356 g/mol. The molecule has 0 aromatic carbocycles. The molecule has 0 bridgehead atoms. The van der Waals surface area contributed by atoms with Crippen molar-refractivity contribution in [2.75, 3.05) is 19.0 Å². The van der Waals surface area contributed by atoms with Gasteiger partial charge in [-0.1, -0.05) is 12.1 Å². The summed E-state index contributed by atoms with van der Waals surface area (Å²) in [5.74, 6) is 0.738. The Kier molecular flexibility index (Phi) is 4.47. The van der Waals surface area contributed by atoms with E-state index in [0.29, 0.717) is 17.0 Å². The fourth-order valence-electron chi connectivity index (χ4n) is 3.04. The molecule has 27 heavy (non-hydrogen) atoms. The summed E-state index contributed by atoms with van der Waals surface area (Å²) in [6.45, 7) is 1.55. The highest BCUT2D eigenvalue weighted by atomic mass is 16.6. The first kappa shape index (κ1) is 17.7. The van der Waals surface area contributed by atoms with Crippen molar-refractivity contribution < 1.29 is 20.1 Å². The van der Waals surface area contributed by atoms with Gasteiger partial charge in [0.25, 0.3) is 5.95 Å². The highest BCUT2D eigenvalue weighted by Gasteiger charge is 2.44. The molecule has 0 radical (unpaired) electrons. The van der Waals surface area contributed by atoms with Gasteiger partial charge in [0.15, 0.2) is 23.2 Å². The van der Waals surface area contributed by atoms with Crippen LogP contribution in [0.3, 0.4) is 0 Å². The molecule has 1 saturated heterocycles. The second-order valence-electron chi connectivity index (χ2n) is 6.18. The second-order valence-corrected chi connectivity index (χ2v) is 6.18. The molecule has 3 aromatic rings. The molecule has 4 rings (SSSR count). The van der Waals surface area contributed by atoms with Crippen molar-refractivity contribution in [1.29, 1.82) is 0 Å². The normalized spacial score (nSPS) is 25.4. The Morgan fingerprint density at radius 1 is 1.26 bits per heavy atom. The van der Waals surface area contributed by atoms with Gasteiger partial charge >= 0.3 is 0 Å². The Morgan fingerprint density at radius 2 is 2.07 bits per heavy atom. The molecule has 12 heteroatoms. The van der Waals surface area contributed by atoms with Gasteiger partial charge in [-0.3, -0.25) is 4.57 Å². The Morgan fingerprint density at radius 3 is 2.70 bits per heavy atom. The number of rotatable bonds is 5. The molecule has 4 atom stereocenters. The molecule has 1 aliphatic rings. The Bertz CT molecular complexity index is 957. The molecule has 0 saturated carbocycles. The molecule has 0 amide bonds. The van der Waals surface area contributed by atoms with Crippen molar-refractivity contribution in [3.8, 4) is 5.95 Å². The molecule has 1 fully saturated rings. The number of aliphatic hydroxyl groups is 3. The second kappa shape index (κ2) is 6.81.